The summed E-state index contributed by atoms with van der Waals surface area (Å²) >= 11 is 0. The van der Waals surface area contributed by atoms with Crippen molar-refractivity contribution in [1.29, 1.82) is 0 Å². The van der Waals surface area contributed by atoms with E-state index >= 15 is 0 Å². The van der Waals surface area contributed by atoms with Crippen LogP contribution >= 0.6 is 0 Å². The van der Waals surface area contributed by atoms with E-state index in [4.69, 9.17) is 19.9 Å². The van der Waals surface area contributed by atoms with Gasteiger partial charge >= 0.3 is 0 Å². The molecule has 1 aliphatic heterocycles. The molecule has 0 spiro atoms. The lowest BCUT2D eigenvalue weighted by Crippen LogP contribution is -2.43. The molecule has 0 radical (unpaired) electrons. The largest absolute Gasteiger partial charge is 0.396 e. The summed E-state index contributed by atoms with van der Waals surface area (Å²) in [6.45, 7) is 8.91. The minimum Gasteiger partial charge on any atom is -0.396 e. The fraction of sp³-hybridized carbons (Fsp3) is 0.700. The van der Waals surface area contributed by atoms with Crippen molar-refractivity contribution in [1.82, 2.24) is 14.5 Å². The van der Waals surface area contributed by atoms with Gasteiger partial charge in [-0.1, -0.05) is 0 Å². The smallest absolute Gasteiger partial charge is 0.186 e. The molecular weight excluding hydrogens is 392 g/mol. The van der Waals surface area contributed by atoms with Crippen molar-refractivity contribution in [2.45, 2.75) is 83.6 Å². The molecule has 3 rings (SSSR count). The van der Waals surface area contributed by atoms with Crippen molar-refractivity contribution in [3.05, 3.63) is 18.1 Å². The lowest BCUT2D eigenvalue weighted by molar-refractivity contribution is -0.185. The van der Waals surface area contributed by atoms with Crippen molar-refractivity contribution < 1.29 is 29.5 Å². The highest BCUT2D eigenvalue weighted by Gasteiger charge is 2.53. The van der Waals surface area contributed by atoms with Crippen LogP contribution in [0, 0.1) is 0 Å². The van der Waals surface area contributed by atoms with Crippen molar-refractivity contribution >= 4 is 16.9 Å². The van der Waals surface area contributed by atoms with Gasteiger partial charge in [0.2, 0.25) is 0 Å². The standard InChI is InChI=1S/C20H32N4O6/c1-10(2)28-18(29-11(3)4)12-8-24(17-14(12)16(21)22-9-23-17)19-20(5,27)15(26)13(30-19)6-7-25/h8-11,13,15,18-19,25-27H,6-7H2,1-5H3,(H2,21,22,23)/t13?,15?,19?,20-/m1/s1. The predicted molar refractivity (Wildman–Crippen MR) is 109 cm³/mol. The number of fused-ring (bicyclic) bond motifs is 1. The Morgan fingerprint density at radius 3 is 2.43 bits per heavy atom. The van der Waals surface area contributed by atoms with Crippen LogP contribution < -0.4 is 5.73 Å². The molecule has 1 fully saturated rings. The number of ether oxygens (including phenoxy) is 3. The zero-order valence-electron chi connectivity index (χ0n) is 18.0. The van der Waals surface area contributed by atoms with Crippen LogP contribution in [0.25, 0.3) is 11.0 Å². The van der Waals surface area contributed by atoms with Crippen molar-refractivity contribution in [3.8, 4) is 0 Å². The maximum Gasteiger partial charge on any atom is 0.186 e. The Morgan fingerprint density at radius 2 is 1.87 bits per heavy atom. The first-order valence-corrected chi connectivity index (χ1v) is 10.2. The lowest BCUT2D eigenvalue weighted by atomic mass is 9.95. The van der Waals surface area contributed by atoms with Crippen LogP contribution in [0.1, 0.15) is 59.1 Å². The monoisotopic (exact) mass is 424 g/mol. The van der Waals surface area contributed by atoms with E-state index in [1.165, 1.54) is 13.3 Å². The van der Waals surface area contributed by atoms with E-state index in [1.807, 2.05) is 27.7 Å². The third-order valence-electron chi connectivity index (χ3n) is 5.13. The third-order valence-corrected chi connectivity index (χ3v) is 5.13. The van der Waals surface area contributed by atoms with Gasteiger partial charge in [0.25, 0.3) is 0 Å². The summed E-state index contributed by atoms with van der Waals surface area (Å²) in [5.41, 5.74) is 5.57. The Balaban J connectivity index is 2.14. The van der Waals surface area contributed by atoms with Crippen molar-refractivity contribution in [2.24, 2.45) is 0 Å². The first-order chi connectivity index (χ1) is 14.1. The number of nitrogens with two attached hydrogens (primary N) is 1. The summed E-state index contributed by atoms with van der Waals surface area (Å²) in [6.07, 6.45) is -0.663. The molecule has 10 heteroatoms. The molecule has 30 heavy (non-hydrogen) atoms. The number of nitrogens with zero attached hydrogens (tertiary/aromatic N) is 3. The molecule has 3 heterocycles. The highest BCUT2D eigenvalue weighted by molar-refractivity contribution is 5.90. The van der Waals surface area contributed by atoms with Crippen LogP contribution in [0.15, 0.2) is 12.5 Å². The van der Waals surface area contributed by atoms with E-state index in [1.54, 1.807) is 10.8 Å². The number of aromatic nitrogens is 3. The van der Waals surface area contributed by atoms with Gasteiger partial charge in [0, 0.05) is 18.4 Å². The lowest BCUT2D eigenvalue weighted by Gasteiger charge is -2.28. The minimum absolute atomic E-state index is 0.125. The van der Waals surface area contributed by atoms with Gasteiger partial charge in [-0.25, -0.2) is 9.97 Å². The van der Waals surface area contributed by atoms with Gasteiger partial charge < -0.3 is 39.8 Å². The molecule has 1 saturated heterocycles. The first kappa shape index (κ1) is 22.9. The molecule has 3 unspecified atom stereocenters. The third kappa shape index (κ3) is 4.16. The zero-order valence-corrected chi connectivity index (χ0v) is 18.0. The van der Waals surface area contributed by atoms with Crippen LogP contribution in [0.2, 0.25) is 0 Å². The maximum absolute atomic E-state index is 11.0. The molecule has 4 atom stereocenters. The van der Waals surface area contributed by atoms with Crippen LogP contribution in [0.5, 0.6) is 0 Å². The van der Waals surface area contributed by atoms with E-state index < -0.39 is 30.3 Å². The van der Waals surface area contributed by atoms with Crippen LogP contribution in [0.4, 0.5) is 5.82 Å². The minimum atomic E-state index is -1.63. The van der Waals surface area contributed by atoms with E-state index in [9.17, 15) is 15.3 Å². The number of hydrogen-bond acceptors (Lipinski definition) is 9. The number of hydrogen-bond donors (Lipinski definition) is 4. The first-order valence-electron chi connectivity index (χ1n) is 10.2. The molecule has 0 aliphatic carbocycles. The fourth-order valence-corrected chi connectivity index (χ4v) is 3.77. The van der Waals surface area contributed by atoms with Gasteiger partial charge in [0.1, 0.15) is 29.5 Å². The van der Waals surface area contributed by atoms with E-state index in [0.29, 0.717) is 16.6 Å². The summed E-state index contributed by atoms with van der Waals surface area (Å²) in [5, 5.41) is 31.4. The number of rotatable bonds is 8. The van der Waals surface area contributed by atoms with E-state index in [-0.39, 0.29) is 31.1 Å². The van der Waals surface area contributed by atoms with Crippen LogP contribution in [-0.2, 0) is 14.2 Å². The second-order valence-electron chi connectivity index (χ2n) is 8.36. The molecule has 168 valence electrons. The van der Waals surface area contributed by atoms with Gasteiger partial charge in [-0.3, -0.25) is 0 Å². The molecular formula is C20H32N4O6. The van der Waals surface area contributed by atoms with Gasteiger partial charge in [-0.2, -0.15) is 0 Å². The molecule has 5 N–H and O–H groups in total. The Hall–Kier alpha value is -1.82. The summed E-state index contributed by atoms with van der Waals surface area (Å²) in [4.78, 5) is 8.45. The van der Waals surface area contributed by atoms with E-state index in [0.717, 1.165) is 0 Å². The topological polar surface area (TPSA) is 145 Å². The summed E-state index contributed by atoms with van der Waals surface area (Å²) < 4.78 is 19.5. The molecule has 0 saturated carbocycles. The second-order valence-corrected chi connectivity index (χ2v) is 8.36. The van der Waals surface area contributed by atoms with Crippen molar-refractivity contribution in [2.75, 3.05) is 12.3 Å². The molecule has 1 aliphatic rings. The number of aliphatic hydroxyl groups is 3. The molecule has 2 aromatic rings. The Bertz CT molecular complexity index is 858. The summed E-state index contributed by atoms with van der Waals surface area (Å²) in [5.74, 6) is 0.239. The van der Waals surface area contributed by atoms with E-state index in [2.05, 4.69) is 9.97 Å². The Morgan fingerprint density at radius 1 is 1.23 bits per heavy atom. The highest BCUT2D eigenvalue weighted by atomic mass is 16.7. The predicted octanol–water partition coefficient (Wildman–Crippen LogP) is 1.25. The SMILES string of the molecule is CC(C)OC(OC(C)C)c1cn(C2OC(CCO)C(O)[C@@]2(C)O)c2ncnc(N)c12. The molecule has 10 nitrogen and oxygen atoms in total. The van der Waals surface area contributed by atoms with Crippen molar-refractivity contribution in [3.63, 3.8) is 0 Å². The summed E-state index contributed by atoms with van der Waals surface area (Å²) in [7, 11) is 0. The maximum atomic E-state index is 11.0. The van der Waals surface area contributed by atoms with Gasteiger partial charge in [-0.15, -0.1) is 0 Å². The number of anilines is 1. The van der Waals surface area contributed by atoms with Crippen LogP contribution in [-0.4, -0.2) is 66.5 Å². The molecule has 2 aromatic heterocycles. The van der Waals surface area contributed by atoms with Crippen LogP contribution in [0.3, 0.4) is 0 Å². The Labute approximate surface area is 175 Å². The molecule has 0 aromatic carbocycles. The Kier molecular flexibility index (Phi) is 6.66. The van der Waals surface area contributed by atoms with Gasteiger partial charge in [-0.05, 0) is 41.0 Å². The highest BCUT2D eigenvalue weighted by Crippen LogP contribution is 2.43. The van der Waals surface area contributed by atoms with Gasteiger partial charge in [0.15, 0.2) is 12.5 Å². The number of aliphatic hydroxyl groups excluding tert-OH is 2. The zero-order chi connectivity index (χ0) is 22.2. The fourth-order valence-electron chi connectivity index (χ4n) is 3.77. The quantitative estimate of drug-likeness (QED) is 0.460. The number of nitrogen functional groups attached to an aromatic ring is 1. The molecule has 0 bridgehead atoms. The average Bonchev–Trinajstić information content (AvgIpc) is 3.12. The second kappa shape index (κ2) is 8.74. The average molecular weight is 424 g/mol. The normalized spacial score (nSPS) is 27.2. The van der Waals surface area contributed by atoms with Gasteiger partial charge in [0.05, 0.1) is 23.7 Å². The summed E-state index contributed by atoms with van der Waals surface area (Å²) in [6, 6.07) is 0. The molecule has 0 amide bonds.